The predicted octanol–water partition coefficient (Wildman–Crippen LogP) is 3.51. The van der Waals surface area contributed by atoms with Crippen LogP contribution in [0.5, 0.6) is 11.5 Å². The van der Waals surface area contributed by atoms with Gasteiger partial charge in [0.25, 0.3) is 5.91 Å². The standard InChI is InChI=1S/C18H20FNO3/c1-18(2,15-7-5-6-8-16(15)19)20-17(21)12-9-13(22-3)11-14(10-12)23-4/h5-11H,1-4H3,(H,20,21). The van der Waals surface area contributed by atoms with Gasteiger partial charge in [0.1, 0.15) is 17.3 Å². The monoisotopic (exact) mass is 317 g/mol. The number of benzene rings is 2. The topological polar surface area (TPSA) is 47.6 Å². The van der Waals surface area contributed by atoms with E-state index in [1.54, 1.807) is 50.2 Å². The molecular weight excluding hydrogens is 297 g/mol. The van der Waals surface area contributed by atoms with Crippen molar-refractivity contribution in [1.82, 2.24) is 5.32 Å². The maximum atomic E-state index is 14.0. The second-order valence-electron chi connectivity index (χ2n) is 5.66. The smallest absolute Gasteiger partial charge is 0.252 e. The van der Waals surface area contributed by atoms with Gasteiger partial charge in [0.05, 0.1) is 19.8 Å². The van der Waals surface area contributed by atoms with Crippen molar-refractivity contribution in [1.29, 1.82) is 0 Å². The molecule has 4 nitrogen and oxygen atoms in total. The first-order chi connectivity index (χ1) is 10.9. The van der Waals surface area contributed by atoms with Crippen LogP contribution in [0.4, 0.5) is 4.39 Å². The molecule has 5 heteroatoms. The quantitative estimate of drug-likeness (QED) is 0.918. The molecule has 2 aromatic rings. The second kappa shape index (κ2) is 6.69. The number of carbonyl (C=O) groups excluding carboxylic acids is 1. The zero-order valence-corrected chi connectivity index (χ0v) is 13.6. The molecule has 0 spiro atoms. The fourth-order valence-electron chi connectivity index (χ4n) is 2.33. The summed E-state index contributed by atoms with van der Waals surface area (Å²) in [5, 5.41) is 2.84. The minimum Gasteiger partial charge on any atom is -0.497 e. The molecule has 0 atom stereocenters. The molecule has 122 valence electrons. The van der Waals surface area contributed by atoms with E-state index in [0.29, 0.717) is 22.6 Å². The van der Waals surface area contributed by atoms with E-state index in [-0.39, 0.29) is 11.7 Å². The summed E-state index contributed by atoms with van der Waals surface area (Å²) in [5.41, 5.74) is -0.0625. The molecule has 0 aromatic heterocycles. The zero-order chi connectivity index (χ0) is 17.0. The van der Waals surface area contributed by atoms with Gasteiger partial charge in [0, 0.05) is 17.2 Å². The minimum absolute atomic E-state index is 0.338. The first kappa shape index (κ1) is 16.8. The summed E-state index contributed by atoms with van der Waals surface area (Å²) in [6, 6.07) is 11.3. The lowest BCUT2D eigenvalue weighted by molar-refractivity contribution is 0.0910. The third kappa shape index (κ3) is 3.80. The molecule has 0 aliphatic carbocycles. The van der Waals surface area contributed by atoms with Crippen LogP contribution in [0.1, 0.15) is 29.8 Å². The van der Waals surface area contributed by atoms with Gasteiger partial charge in [0.15, 0.2) is 0 Å². The summed E-state index contributed by atoms with van der Waals surface area (Å²) in [4.78, 5) is 12.5. The van der Waals surface area contributed by atoms with Crippen molar-refractivity contribution in [3.63, 3.8) is 0 Å². The van der Waals surface area contributed by atoms with Crippen LogP contribution in [0.3, 0.4) is 0 Å². The Hall–Kier alpha value is -2.56. The van der Waals surface area contributed by atoms with Crippen molar-refractivity contribution in [3.8, 4) is 11.5 Å². The zero-order valence-electron chi connectivity index (χ0n) is 13.6. The van der Waals surface area contributed by atoms with Crippen LogP contribution in [0, 0.1) is 5.82 Å². The lowest BCUT2D eigenvalue weighted by atomic mass is 9.93. The summed E-state index contributed by atoms with van der Waals surface area (Å²) < 4.78 is 24.3. The Kier molecular flexibility index (Phi) is 4.89. The van der Waals surface area contributed by atoms with E-state index >= 15 is 0 Å². The van der Waals surface area contributed by atoms with Crippen molar-refractivity contribution in [2.75, 3.05) is 14.2 Å². The SMILES string of the molecule is COc1cc(OC)cc(C(=O)NC(C)(C)c2ccccc2F)c1. The van der Waals surface area contributed by atoms with Crippen LogP contribution in [0.25, 0.3) is 0 Å². The molecule has 0 aliphatic heterocycles. The van der Waals surface area contributed by atoms with Crippen molar-refractivity contribution in [2.24, 2.45) is 0 Å². The number of hydrogen-bond donors (Lipinski definition) is 1. The number of hydrogen-bond acceptors (Lipinski definition) is 3. The third-order valence-corrected chi connectivity index (χ3v) is 3.59. The highest BCUT2D eigenvalue weighted by Crippen LogP contribution is 2.26. The molecule has 0 saturated heterocycles. The van der Waals surface area contributed by atoms with Gasteiger partial charge in [-0.25, -0.2) is 4.39 Å². The van der Waals surface area contributed by atoms with Gasteiger partial charge in [-0.2, -0.15) is 0 Å². The summed E-state index contributed by atoms with van der Waals surface area (Å²) in [6.07, 6.45) is 0. The fraction of sp³-hybridized carbons (Fsp3) is 0.278. The normalized spacial score (nSPS) is 11.0. The van der Waals surface area contributed by atoms with Crippen molar-refractivity contribution in [2.45, 2.75) is 19.4 Å². The summed E-state index contributed by atoms with van der Waals surface area (Å²) in [5.74, 6) is 0.327. The Bertz CT molecular complexity index is 691. The first-order valence-electron chi connectivity index (χ1n) is 7.18. The van der Waals surface area contributed by atoms with Gasteiger partial charge in [-0.15, -0.1) is 0 Å². The van der Waals surface area contributed by atoms with Crippen LogP contribution in [0.2, 0.25) is 0 Å². The molecule has 0 saturated carbocycles. The third-order valence-electron chi connectivity index (χ3n) is 3.59. The number of methoxy groups -OCH3 is 2. The van der Waals surface area contributed by atoms with E-state index in [9.17, 15) is 9.18 Å². The fourth-order valence-corrected chi connectivity index (χ4v) is 2.33. The highest BCUT2D eigenvalue weighted by atomic mass is 19.1. The average Bonchev–Trinajstić information content (AvgIpc) is 2.54. The Morgan fingerprint density at radius 3 is 2.13 bits per heavy atom. The van der Waals surface area contributed by atoms with Crippen molar-refractivity contribution < 1.29 is 18.7 Å². The molecule has 0 heterocycles. The number of rotatable bonds is 5. The van der Waals surface area contributed by atoms with Crippen LogP contribution >= 0.6 is 0 Å². The lowest BCUT2D eigenvalue weighted by Crippen LogP contribution is -2.41. The number of amides is 1. The second-order valence-corrected chi connectivity index (χ2v) is 5.66. The Morgan fingerprint density at radius 2 is 1.61 bits per heavy atom. The van der Waals surface area contributed by atoms with Crippen LogP contribution in [0.15, 0.2) is 42.5 Å². The maximum Gasteiger partial charge on any atom is 0.252 e. The van der Waals surface area contributed by atoms with Gasteiger partial charge < -0.3 is 14.8 Å². The first-order valence-corrected chi connectivity index (χ1v) is 7.18. The molecule has 1 amide bonds. The molecule has 23 heavy (non-hydrogen) atoms. The van der Waals surface area contributed by atoms with Crippen LogP contribution in [-0.2, 0) is 5.54 Å². The van der Waals surface area contributed by atoms with E-state index in [4.69, 9.17) is 9.47 Å². The Balaban J connectivity index is 2.29. The summed E-state index contributed by atoms with van der Waals surface area (Å²) in [7, 11) is 3.03. The van der Waals surface area contributed by atoms with E-state index in [1.165, 1.54) is 20.3 Å². The number of halogens is 1. The van der Waals surface area contributed by atoms with Crippen molar-refractivity contribution in [3.05, 3.63) is 59.4 Å². The van der Waals surface area contributed by atoms with E-state index in [2.05, 4.69) is 5.32 Å². The molecule has 2 rings (SSSR count). The van der Waals surface area contributed by atoms with Gasteiger partial charge in [-0.1, -0.05) is 18.2 Å². The van der Waals surface area contributed by atoms with Gasteiger partial charge >= 0.3 is 0 Å². The molecular formula is C18H20FNO3. The van der Waals surface area contributed by atoms with Crippen molar-refractivity contribution >= 4 is 5.91 Å². The molecule has 0 fully saturated rings. The molecule has 1 N–H and O–H groups in total. The van der Waals surface area contributed by atoms with E-state index in [1.807, 2.05) is 0 Å². The highest BCUT2D eigenvalue weighted by molar-refractivity contribution is 5.95. The molecule has 0 bridgehead atoms. The lowest BCUT2D eigenvalue weighted by Gasteiger charge is -2.27. The average molecular weight is 317 g/mol. The maximum absolute atomic E-state index is 14.0. The van der Waals surface area contributed by atoms with Gasteiger partial charge in [0.2, 0.25) is 0 Å². The van der Waals surface area contributed by atoms with Crippen LogP contribution in [-0.4, -0.2) is 20.1 Å². The molecule has 2 aromatic carbocycles. The minimum atomic E-state index is -0.862. The van der Waals surface area contributed by atoms with Gasteiger partial charge in [-0.3, -0.25) is 4.79 Å². The molecule has 0 aliphatic rings. The van der Waals surface area contributed by atoms with Gasteiger partial charge in [-0.05, 0) is 32.0 Å². The molecule has 0 radical (unpaired) electrons. The van der Waals surface area contributed by atoms with Crippen LogP contribution < -0.4 is 14.8 Å². The molecule has 0 unspecified atom stereocenters. The Morgan fingerprint density at radius 1 is 1.04 bits per heavy atom. The summed E-state index contributed by atoms with van der Waals surface area (Å²) in [6.45, 7) is 3.50. The Labute approximate surface area is 135 Å². The highest BCUT2D eigenvalue weighted by Gasteiger charge is 2.26. The largest absolute Gasteiger partial charge is 0.497 e. The van der Waals surface area contributed by atoms with E-state index in [0.717, 1.165) is 0 Å². The predicted molar refractivity (Wildman–Crippen MR) is 86.4 cm³/mol. The number of ether oxygens (including phenoxy) is 2. The number of nitrogens with one attached hydrogen (secondary N) is 1. The van der Waals surface area contributed by atoms with E-state index < -0.39 is 5.54 Å². The summed E-state index contributed by atoms with van der Waals surface area (Å²) >= 11 is 0. The number of carbonyl (C=O) groups is 1.